The maximum atomic E-state index is 12.6. The van der Waals surface area contributed by atoms with E-state index in [1.165, 1.54) is 0 Å². The molecule has 4 aromatic carbocycles. The number of ether oxygens (including phenoxy) is 2. The van der Waals surface area contributed by atoms with Crippen LogP contribution in [0.4, 0.5) is 5.69 Å². The lowest BCUT2D eigenvalue weighted by atomic mass is 10.0. The summed E-state index contributed by atoms with van der Waals surface area (Å²) in [5, 5.41) is 8.06. The lowest BCUT2D eigenvalue weighted by Gasteiger charge is -2.09. The standard InChI is InChI=1S/C26H17N3O4S/c30-24(16-8-10-22-23(12-16)32-14-31-22)29-26(34)27-17-9-11-21-20(13-17)28-25(33-21)19-7-3-5-15-4-1-2-6-18(15)19/h1-13H,14H2,(H2,27,29,30,34). The fraction of sp³-hybridized carbons (Fsp3) is 0.0385. The topological polar surface area (TPSA) is 85.6 Å². The number of thiocarbonyl (C=S) groups is 1. The van der Waals surface area contributed by atoms with E-state index in [-0.39, 0.29) is 17.8 Å². The second-order valence-corrected chi connectivity index (χ2v) is 8.11. The van der Waals surface area contributed by atoms with Gasteiger partial charge in [0.1, 0.15) is 5.52 Å². The Balaban J connectivity index is 1.21. The summed E-state index contributed by atoms with van der Waals surface area (Å²) < 4.78 is 16.6. The van der Waals surface area contributed by atoms with Gasteiger partial charge in [0.15, 0.2) is 22.2 Å². The molecule has 0 saturated carbocycles. The smallest absolute Gasteiger partial charge is 0.257 e. The van der Waals surface area contributed by atoms with Crippen LogP contribution in [0.15, 0.2) is 83.3 Å². The molecule has 0 fully saturated rings. The van der Waals surface area contributed by atoms with E-state index >= 15 is 0 Å². The van der Waals surface area contributed by atoms with E-state index in [0.29, 0.717) is 39.7 Å². The van der Waals surface area contributed by atoms with Gasteiger partial charge in [0.05, 0.1) is 0 Å². The van der Waals surface area contributed by atoms with Crippen LogP contribution in [0.5, 0.6) is 11.5 Å². The zero-order chi connectivity index (χ0) is 23.1. The zero-order valence-corrected chi connectivity index (χ0v) is 18.5. The van der Waals surface area contributed by atoms with Crippen molar-refractivity contribution in [3.63, 3.8) is 0 Å². The van der Waals surface area contributed by atoms with Crippen LogP contribution in [-0.2, 0) is 0 Å². The predicted molar refractivity (Wildman–Crippen MR) is 133 cm³/mol. The van der Waals surface area contributed by atoms with Crippen LogP contribution in [0.2, 0.25) is 0 Å². The molecule has 166 valence electrons. The first-order valence-electron chi connectivity index (χ1n) is 10.5. The molecule has 7 nitrogen and oxygen atoms in total. The Morgan fingerprint density at radius 1 is 0.912 bits per heavy atom. The average Bonchev–Trinajstić information content (AvgIpc) is 3.49. The number of hydrogen-bond donors (Lipinski definition) is 2. The minimum absolute atomic E-state index is 0.146. The van der Waals surface area contributed by atoms with Crippen LogP contribution in [-0.4, -0.2) is 22.8 Å². The monoisotopic (exact) mass is 467 g/mol. The van der Waals surface area contributed by atoms with E-state index < -0.39 is 0 Å². The SMILES string of the molecule is O=C(NC(=S)Nc1ccc2oc(-c3cccc4ccccc34)nc2c1)c1ccc2c(c1)OCO2. The van der Waals surface area contributed by atoms with Crippen molar-refractivity contribution in [3.05, 3.63) is 84.4 Å². The molecule has 0 saturated heterocycles. The van der Waals surface area contributed by atoms with Crippen molar-refractivity contribution < 1.29 is 18.7 Å². The Labute approximate surface area is 199 Å². The van der Waals surface area contributed by atoms with Gasteiger partial charge < -0.3 is 19.2 Å². The number of carbonyl (C=O) groups excluding carboxylic acids is 1. The maximum Gasteiger partial charge on any atom is 0.257 e. The number of anilines is 1. The van der Waals surface area contributed by atoms with E-state index in [2.05, 4.69) is 27.8 Å². The number of rotatable bonds is 3. The second-order valence-electron chi connectivity index (χ2n) is 7.70. The molecule has 1 aliphatic rings. The van der Waals surface area contributed by atoms with Gasteiger partial charge in [-0.05, 0) is 65.5 Å². The van der Waals surface area contributed by atoms with Gasteiger partial charge in [-0.2, -0.15) is 0 Å². The molecule has 1 amide bonds. The predicted octanol–water partition coefficient (Wildman–Crippen LogP) is 5.50. The van der Waals surface area contributed by atoms with E-state index in [1.54, 1.807) is 18.2 Å². The lowest BCUT2D eigenvalue weighted by molar-refractivity contribution is 0.0977. The van der Waals surface area contributed by atoms with Crippen molar-refractivity contribution in [1.82, 2.24) is 10.3 Å². The lowest BCUT2D eigenvalue weighted by Crippen LogP contribution is -2.34. The molecular formula is C26H17N3O4S. The summed E-state index contributed by atoms with van der Waals surface area (Å²) in [5.41, 5.74) is 3.36. The van der Waals surface area contributed by atoms with Gasteiger partial charge in [0, 0.05) is 16.8 Å². The highest BCUT2D eigenvalue weighted by Crippen LogP contribution is 2.33. The van der Waals surface area contributed by atoms with Crippen LogP contribution in [0.25, 0.3) is 33.3 Å². The van der Waals surface area contributed by atoms with E-state index in [1.807, 2.05) is 48.5 Å². The Morgan fingerprint density at radius 2 is 1.76 bits per heavy atom. The Kier molecular flexibility index (Phi) is 4.85. The number of carbonyl (C=O) groups is 1. The maximum absolute atomic E-state index is 12.6. The zero-order valence-electron chi connectivity index (χ0n) is 17.7. The quantitative estimate of drug-likeness (QED) is 0.339. The molecule has 5 aromatic rings. The van der Waals surface area contributed by atoms with Crippen LogP contribution in [0.1, 0.15) is 10.4 Å². The summed E-state index contributed by atoms with van der Waals surface area (Å²) in [7, 11) is 0. The number of nitrogens with one attached hydrogen (secondary N) is 2. The summed E-state index contributed by atoms with van der Waals surface area (Å²) in [6, 6.07) is 24.6. The first-order chi connectivity index (χ1) is 16.6. The average molecular weight is 468 g/mol. The second kappa shape index (κ2) is 8.17. The van der Waals surface area contributed by atoms with Crippen molar-refractivity contribution in [2.24, 2.45) is 0 Å². The first-order valence-corrected chi connectivity index (χ1v) is 11.0. The number of amides is 1. The molecule has 0 aliphatic carbocycles. The van der Waals surface area contributed by atoms with Crippen molar-refractivity contribution in [2.75, 3.05) is 12.1 Å². The van der Waals surface area contributed by atoms with Gasteiger partial charge in [-0.15, -0.1) is 0 Å². The number of aromatic nitrogens is 1. The highest BCUT2D eigenvalue weighted by atomic mass is 32.1. The molecule has 6 rings (SSSR count). The van der Waals surface area contributed by atoms with Gasteiger partial charge in [-0.25, -0.2) is 4.98 Å². The van der Waals surface area contributed by atoms with E-state index in [4.69, 9.17) is 26.1 Å². The van der Waals surface area contributed by atoms with Crippen LogP contribution < -0.4 is 20.1 Å². The van der Waals surface area contributed by atoms with Gasteiger partial charge in [0.25, 0.3) is 5.91 Å². The first kappa shape index (κ1) is 20.2. The van der Waals surface area contributed by atoms with Crippen molar-refractivity contribution in [1.29, 1.82) is 0 Å². The normalized spacial score (nSPS) is 12.1. The van der Waals surface area contributed by atoms with Gasteiger partial charge in [-0.3, -0.25) is 10.1 Å². The highest BCUT2D eigenvalue weighted by molar-refractivity contribution is 7.80. The molecule has 0 atom stereocenters. The Hall–Kier alpha value is -4.43. The van der Waals surface area contributed by atoms with Crippen LogP contribution in [0, 0.1) is 0 Å². The summed E-state index contributed by atoms with van der Waals surface area (Å²) in [5.74, 6) is 1.34. The fourth-order valence-corrected chi connectivity index (χ4v) is 4.12. The van der Waals surface area contributed by atoms with Crippen LogP contribution >= 0.6 is 12.2 Å². The fourth-order valence-electron chi connectivity index (χ4n) is 3.91. The summed E-state index contributed by atoms with van der Waals surface area (Å²) in [6.07, 6.45) is 0. The Morgan fingerprint density at radius 3 is 2.71 bits per heavy atom. The summed E-state index contributed by atoms with van der Waals surface area (Å²) in [6.45, 7) is 0.146. The van der Waals surface area contributed by atoms with Gasteiger partial charge in [-0.1, -0.05) is 36.4 Å². The van der Waals surface area contributed by atoms with Crippen molar-refractivity contribution >= 4 is 50.8 Å². The van der Waals surface area contributed by atoms with Crippen molar-refractivity contribution in [3.8, 4) is 23.0 Å². The third-order valence-corrected chi connectivity index (χ3v) is 5.73. The minimum Gasteiger partial charge on any atom is -0.454 e. The molecular weight excluding hydrogens is 450 g/mol. The molecule has 0 unspecified atom stereocenters. The number of hydrogen-bond acceptors (Lipinski definition) is 6. The summed E-state index contributed by atoms with van der Waals surface area (Å²) >= 11 is 5.33. The molecule has 0 bridgehead atoms. The number of fused-ring (bicyclic) bond motifs is 3. The van der Waals surface area contributed by atoms with Gasteiger partial charge in [0.2, 0.25) is 12.7 Å². The molecule has 0 radical (unpaired) electrons. The third kappa shape index (κ3) is 3.70. The highest BCUT2D eigenvalue weighted by Gasteiger charge is 2.17. The van der Waals surface area contributed by atoms with Gasteiger partial charge >= 0.3 is 0 Å². The molecule has 1 aliphatic heterocycles. The molecule has 0 spiro atoms. The van der Waals surface area contributed by atoms with E-state index in [9.17, 15) is 4.79 Å². The molecule has 2 heterocycles. The summed E-state index contributed by atoms with van der Waals surface area (Å²) in [4.78, 5) is 17.2. The van der Waals surface area contributed by atoms with Crippen molar-refractivity contribution in [2.45, 2.75) is 0 Å². The molecule has 1 aromatic heterocycles. The number of benzene rings is 4. The number of oxazole rings is 1. The van der Waals surface area contributed by atoms with E-state index in [0.717, 1.165) is 16.3 Å². The molecule has 34 heavy (non-hydrogen) atoms. The number of nitrogens with zero attached hydrogens (tertiary/aromatic N) is 1. The molecule has 2 N–H and O–H groups in total. The largest absolute Gasteiger partial charge is 0.454 e. The molecule has 8 heteroatoms. The minimum atomic E-state index is -0.350. The van der Waals surface area contributed by atoms with Crippen LogP contribution in [0.3, 0.4) is 0 Å². The Bertz CT molecular complexity index is 1590. The third-order valence-electron chi connectivity index (χ3n) is 5.53.